The smallest absolute Gasteiger partial charge is 0.248 e. The van der Waals surface area contributed by atoms with E-state index in [1.807, 2.05) is 41.5 Å². The quantitative estimate of drug-likeness (QED) is 0.148. The Morgan fingerprint density at radius 2 is 1.04 bits per heavy atom. The molecule has 4 rings (SSSR count). The van der Waals surface area contributed by atoms with E-state index in [0.29, 0.717) is 36.5 Å². The van der Waals surface area contributed by atoms with Gasteiger partial charge in [-0.1, -0.05) is 123 Å². The minimum absolute atomic E-state index is 0.00943. The van der Waals surface area contributed by atoms with E-state index in [-0.39, 0.29) is 56.3 Å². The van der Waals surface area contributed by atoms with Crippen LogP contribution in [0.4, 0.5) is 0 Å². The van der Waals surface area contributed by atoms with Gasteiger partial charge < -0.3 is 66.0 Å². The van der Waals surface area contributed by atoms with Gasteiger partial charge >= 0.3 is 0 Å². The number of aliphatic hydroxyl groups excluding tert-OH is 1. The summed E-state index contributed by atoms with van der Waals surface area (Å²) in [5, 5.41) is 25.6. The number of likely N-dealkylation sites (tertiary alicyclic amines) is 1. The van der Waals surface area contributed by atoms with Crippen molar-refractivity contribution in [3.63, 3.8) is 0 Å². The van der Waals surface area contributed by atoms with Gasteiger partial charge in [0, 0.05) is 66.8 Å². The summed E-state index contributed by atoms with van der Waals surface area (Å²) in [6, 6.07) is 2.39. The summed E-state index contributed by atoms with van der Waals surface area (Å²) in [4.78, 5) is 186. The molecule has 2 aliphatic heterocycles. The minimum atomic E-state index is -1.66. The molecular formula is C71H111ClN12O13. The van der Waals surface area contributed by atoms with Crippen molar-refractivity contribution >= 4 is 82.5 Å². The lowest BCUT2D eigenvalue weighted by molar-refractivity contribution is -0.151. The lowest BCUT2D eigenvalue weighted by Crippen LogP contribution is -2.62. The van der Waals surface area contributed by atoms with Crippen molar-refractivity contribution in [3.05, 3.63) is 70.7 Å². The number of rotatable bonds is 15. The molecular weight excluding hydrogens is 1260 g/mol. The molecule has 2 saturated heterocycles. The van der Waals surface area contributed by atoms with Gasteiger partial charge in [-0.05, 0) is 118 Å². The number of nitrogens with zero attached hydrogens (tertiary/aromatic N) is 7. The van der Waals surface area contributed by atoms with Crippen LogP contribution in [0.25, 0.3) is 0 Å². The normalized spacial score (nSPS) is 25.4. The van der Waals surface area contributed by atoms with Gasteiger partial charge in [0.15, 0.2) is 0 Å². The lowest BCUT2D eigenvalue weighted by Gasteiger charge is -2.38. The van der Waals surface area contributed by atoms with E-state index in [1.165, 1.54) is 70.8 Å². The molecule has 0 radical (unpaired) electrons. The van der Waals surface area contributed by atoms with Gasteiger partial charge in [-0.3, -0.25) is 57.5 Å². The molecule has 0 aliphatic carbocycles. The monoisotopic (exact) mass is 1370 g/mol. The number of halogens is 1. The lowest BCUT2D eigenvalue weighted by atomic mass is 9.96. The van der Waals surface area contributed by atoms with Crippen molar-refractivity contribution in [3.8, 4) is 0 Å². The summed E-state index contributed by atoms with van der Waals surface area (Å²) in [6.45, 7) is 20.6. The number of carbonyl (C=O) groups excluding carboxylic acids is 12. The highest BCUT2D eigenvalue weighted by molar-refractivity contribution is 6.30. The third-order valence-corrected chi connectivity index (χ3v) is 18.6. The summed E-state index contributed by atoms with van der Waals surface area (Å²) in [7, 11) is 8.29. The largest absolute Gasteiger partial charge is 0.391 e. The maximum Gasteiger partial charge on any atom is 0.248 e. The fourth-order valence-electron chi connectivity index (χ4n) is 12.3. The van der Waals surface area contributed by atoms with Gasteiger partial charge in [0.25, 0.3) is 0 Å². The van der Waals surface area contributed by atoms with E-state index in [4.69, 9.17) is 11.6 Å². The first kappa shape index (κ1) is 81.8. The summed E-state index contributed by atoms with van der Waals surface area (Å²) in [5.41, 5.74) is 1.42. The van der Waals surface area contributed by atoms with Gasteiger partial charge in [0.1, 0.15) is 60.4 Å². The summed E-state index contributed by atoms with van der Waals surface area (Å²) >= 11 is 6.21. The van der Waals surface area contributed by atoms with Gasteiger partial charge in [-0.25, -0.2) is 0 Å². The Labute approximate surface area is 579 Å². The average molecular weight is 1380 g/mol. The molecule has 540 valence electrons. The highest BCUT2D eigenvalue weighted by Crippen LogP contribution is 2.23. The summed E-state index contributed by atoms with van der Waals surface area (Å²) in [6.07, 6.45) is 0.460. The van der Waals surface area contributed by atoms with E-state index >= 15 is 19.2 Å². The van der Waals surface area contributed by atoms with E-state index in [2.05, 4.69) is 26.6 Å². The Bertz CT molecular complexity index is 3030. The number of aryl methyl sites for hydroxylation is 1. The Morgan fingerprint density at radius 1 is 0.515 bits per heavy atom. The van der Waals surface area contributed by atoms with Crippen molar-refractivity contribution in [2.45, 2.75) is 214 Å². The van der Waals surface area contributed by atoms with E-state index in [9.17, 15) is 43.5 Å². The van der Waals surface area contributed by atoms with Crippen LogP contribution in [0.5, 0.6) is 0 Å². The predicted octanol–water partition coefficient (Wildman–Crippen LogP) is 3.80. The molecule has 0 aromatic heterocycles. The van der Waals surface area contributed by atoms with Gasteiger partial charge in [0.2, 0.25) is 70.9 Å². The summed E-state index contributed by atoms with van der Waals surface area (Å²) in [5.74, 6) is -10.6. The second kappa shape index (κ2) is 37.9. The van der Waals surface area contributed by atoms with Crippen molar-refractivity contribution in [2.24, 2.45) is 29.6 Å². The van der Waals surface area contributed by atoms with Gasteiger partial charge in [-0.2, -0.15) is 0 Å². The number of nitrogens with one attached hydrogen (secondary N) is 5. The SMILES string of the molecule is CC(C)C[C@@H]1NC(=O)[C@H](CC(C)C)N(C)C(=O)CN(C)C(=O)[C@H]([C@@H](C)O)NC(=O)[C@H](CC(C)C)N(C)C(=O)[C@H](CCc2ccc(Cl)cc2)NC(=O)[C@H](C)N(C)C(=O)[C@@H](C(C)C)NC(=O)C[C@@H](C(=O)N2CCCCC2)NC(=O)[C@H](C(C)C)N(C)C(=O)[C@H](Cc2ccccc2)N(C)C1=O. The van der Waals surface area contributed by atoms with Crippen LogP contribution in [0.3, 0.4) is 0 Å². The molecule has 2 aliphatic rings. The van der Waals surface area contributed by atoms with Crippen molar-refractivity contribution in [1.82, 2.24) is 60.9 Å². The number of likely N-dealkylation sites (N-methyl/N-ethyl adjacent to an activating group) is 6. The second-order valence-electron chi connectivity index (χ2n) is 28.4. The first-order valence-electron chi connectivity index (χ1n) is 34.2. The van der Waals surface area contributed by atoms with Crippen LogP contribution in [0.15, 0.2) is 54.6 Å². The molecule has 12 amide bonds. The summed E-state index contributed by atoms with van der Waals surface area (Å²) < 4.78 is 0. The Morgan fingerprint density at radius 3 is 1.58 bits per heavy atom. The molecule has 25 nitrogen and oxygen atoms in total. The number of hydrogen-bond acceptors (Lipinski definition) is 13. The Hall–Kier alpha value is -7.67. The van der Waals surface area contributed by atoms with Gasteiger partial charge in [0.05, 0.1) is 19.1 Å². The minimum Gasteiger partial charge on any atom is -0.391 e. The Kier molecular flexibility index (Phi) is 31.9. The van der Waals surface area contributed by atoms with Crippen molar-refractivity contribution in [1.29, 1.82) is 0 Å². The third-order valence-electron chi connectivity index (χ3n) is 18.3. The van der Waals surface area contributed by atoms with Crippen molar-refractivity contribution in [2.75, 3.05) is 61.9 Å². The number of carbonyl (C=O) groups is 12. The molecule has 11 atom stereocenters. The standard InChI is InChI=1S/C71H111ClN12O13/c1-41(2)35-52-67(93)82(17)56(38-49-25-21-19-22-26-49)69(95)83(18)61(45(9)10)65(91)75-53(68(94)84-33-23-20-24-34-84)39-57(86)76-59(44(7)8)71(97)79(14)46(11)62(88)73-51(32-29-48-27-30-50(72)31-28-48)66(92)81(16)55(37-43(5)6)64(90)77-60(47(12)85)70(96)78(13)40-58(87)80(15)54(36-42(3)4)63(89)74-52/h19,21-22,25-28,30-31,41-47,51-56,59-61,85H,20,23-24,29,32-40H2,1-18H3,(H,73,88)(H,74,89)(H,75,91)(H,76,86)(H,77,90)/t46-,47+,51-,52-,53-,54-,55-,56-,59+,60-,61-/m0/s1. The molecule has 97 heavy (non-hydrogen) atoms. The van der Waals surface area contributed by atoms with E-state index in [1.54, 1.807) is 87.2 Å². The molecule has 0 bridgehead atoms. The first-order chi connectivity index (χ1) is 45.4. The maximum absolute atomic E-state index is 15.4. The highest BCUT2D eigenvalue weighted by Gasteiger charge is 2.43. The third kappa shape index (κ3) is 23.5. The van der Waals surface area contributed by atoms with Crippen molar-refractivity contribution < 1.29 is 62.6 Å². The number of piperidine rings is 1. The number of hydrogen-bond donors (Lipinski definition) is 6. The van der Waals surface area contributed by atoms with Crippen LogP contribution in [0, 0.1) is 29.6 Å². The number of amides is 12. The zero-order chi connectivity index (χ0) is 73.0. The molecule has 2 fully saturated rings. The fourth-order valence-corrected chi connectivity index (χ4v) is 12.4. The first-order valence-corrected chi connectivity index (χ1v) is 34.6. The van der Waals surface area contributed by atoms with E-state index < -0.39 is 162 Å². The molecule has 6 N–H and O–H groups in total. The van der Waals surface area contributed by atoms with E-state index in [0.717, 1.165) is 26.7 Å². The number of benzene rings is 2. The van der Waals surface area contributed by atoms with Crippen LogP contribution >= 0.6 is 11.6 Å². The molecule has 0 unspecified atom stereocenters. The predicted molar refractivity (Wildman–Crippen MR) is 370 cm³/mol. The fraction of sp³-hybridized carbons (Fsp3) is 0.662. The molecule has 0 saturated carbocycles. The molecule has 26 heteroatoms. The molecule has 2 heterocycles. The zero-order valence-corrected chi connectivity index (χ0v) is 61.2. The van der Waals surface area contributed by atoms with Crippen LogP contribution < -0.4 is 26.6 Å². The molecule has 2 aromatic rings. The maximum atomic E-state index is 15.4. The topological polar surface area (TPSA) is 308 Å². The van der Waals surface area contributed by atoms with Crippen LogP contribution in [0.1, 0.15) is 146 Å². The zero-order valence-electron chi connectivity index (χ0n) is 60.5. The highest BCUT2D eigenvalue weighted by atomic mass is 35.5. The molecule has 0 spiro atoms. The van der Waals surface area contributed by atoms with Crippen LogP contribution in [0.2, 0.25) is 5.02 Å². The Balaban J connectivity index is 1.92. The van der Waals surface area contributed by atoms with Gasteiger partial charge in [-0.15, -0.1) is 0 Å². The molecule has 2 aromatic carbocycles. The second-order valence-corrected chi connectivity index (χ2v) is 28.9. The van der Waals surface area contributed by atoms with Crippen LogP contribution in [-0.4, -0.2) is 239 Å². The van der Waals surface area contributed by atoms with Crippen LogP contribution in [-0.2, 0) is 70.4 Å². The number of aliphatic hydroxyl groups is 1. The average Bonchev–Trinajstić information content (AvgIpc) is 0.824.